The number of anilines is 1. The van der Waals surface area contributed by atoms with E-state index in [0.717, 1.165) is 18.8 Å². The number of hydrogen-bond donors (Lipinski definition) is 3. The van der Waals surface area contributed by atoms with E-state index >= 15 is 0 Å². The van der Waals surface area contributed by atoms with E-state index < -0.39 is 5.91 Å². The van der Waals surface area contributed by atoms with Crippen molar-refractivity contribution >= 4 is 29.9 Å². The van der Waals surface area contributed by atoms with Crippen LogP contribution in [0.2, 0.25) is 0 Å². The molecule has 1 unspecified atom stereocenters. The minimum Gasteiger partial charge on any atom is -0.457 e. The fourth-order valence-corrected chi connectivity index (χ4v) is 2.59. The number of benzene rings is 2. The Hall–Kier alpha value is -2.57. The topological polar surface area (TPSA) is 93.4 Å². The molecule has 0 aliphatic carbocycles. The van der Waals surface area contributed by atoms with Crippen LogP contribution in [0.25, 0.3) is 0 Å². The molecule has 6 nitrogen and oxygen atoms in total. The van der Waals surface area contributed by atoms with Gasteiger partial charge in [0.25, 0.3) is 0 Å². The van der Waals surface area contributed by atoms with Gasteiger partial charge in [0.05, 0.1) is 0 Å². The van der Waals surface area contributed by atoms with Crippen molar-refractivity contribution in [2.75, 3.05) is 18.4 Å². The quantitative estimate of drug-likeness (QED) is 0.723. The smallest absolute Gasteiger partial charge is 0.248 e. The van der Waals surface area contributed by atoms with E-state index in [9.17, 15) is 9.59 Å². The number of hydrogen-bond acceptors (Lipinski definition) is 4. The monoisotopic (exact) mass is 375 g/mol. The number of amides is 2. The van der Waals surface area contributed by atoms with Crippen LogP contribution in [0.15, 0.2) is 48.5 Å². The maximum Gasteiger partial charge on any atom is 0.248 e. The predicted octanol–water partition coefficient (Wildman–Crippen LogP) is 2.79. The molecule has 3 rings (SSSR count). The summed E-state index contributed by atoms with van der Waals surface area (Å²) >= 11 is 0. The van der Waals surface area contributed by atoms with Gasteiger partial charge in [-0.1, -0.05) is 13.0 Å². The van der Waals surface area contributed by atoms with Crippen molar-refractivity contribution in [3.05, 3.63) is 54.1 Å². The third-order valence-electron chi connectivity index (χ3n) is 4.41. The number of primary amides is 1. The van der Waals surface area contributed by atoms with Crippen molar-refractivity contribution in [3.63, 3.8) is 0 Å². The van der Waals surface area contributed by atoms with Gasteiger partial charge in [-0.15, -0.1) is 12.4 Å². The fourth-order valence-electron chi connectivity index (χ4n) is 2.59. The molecule has 7 heteroatoms. The van der Waals surface area contributed by atoms with Crippen molar-refractivity contribution in [2.24, 2.45) is 17.6 Å². The number of halogens is 1. The van der Waals surface area contributed by atoms with Crippen LogP contribution < -0.4 is 21.1 Å². The lowest BCUT2D eigenvalue weighted by Crippen LogP contribution is -2.48. The van der Waals surface area contributed by atoms with Crippen LogP contribution in [0.4, 0.5) is 5.69 Å². The molecule has 1 aliphatic rings. The molecule has 2 amide bonds. The summed E-state index contributed by atoms with van der Waals surface area (Å²) in [5.74, 6) is 1.04. The van der Waals surface area contributed by atoms with E-state index in [0.29, 0.717) is 23.0 Å². The van der Waals surface area contributed by atoms with Gasteiger partial charge < -0.3 is 21.1 Å². The third kappa shape index (κ3) is 4.74. The zero-order chi connectivity index (χ0) is 17.8. The predicted molar refractivity (Wildman–Crippen MR) is 103 cm³/mol. The summed E-state index contributed by atoms with van der Waals surface area (Å²) in [7, 11) is 0. The third-order valence-corrected chi connectivity index (χ3v) is 4.41. The average Bonchev–Trinajstić information content (AvgIpc) is 2.55. The second-order valence-corrected chi connectivity index (χ2v) is 6.21. The SMILES string of the molecule is CC(C(=O)Nc1ccc(Oc2cccc(C(N)=O)c2)cc1)C1CNC1.Cl. The number of carbonyl (C=O) groups is 2. The normalized spacial score (nSPS) is 14.5. The van der Waals surface area contributed by atoms with Gasteiger partial charge in [-0.25, -0.2) is 0 Å². The lowest BCUT2D eigenvalue weighted by molar-refractivity contribution is -0.121. The first-order valence-corrected chi connectivity index (χ1v) is 8.22. The summed E-state index contributed by atoms with van der Waals surface area (Å²) in [6.45, 7) is 3.74. The Morgan fingerprint density at radius 2 is 1.85 bits per heavy atom. The summed E-state index contributed by atoms with van der Waals surface area (Å²) in [4.78, 5) is 23.4. The van der Waals surface area contributed by atoms with E-state index in [1.807, 2.05) is 6.92 Å². The summed E-state index contributed by atoms with van der Waals surface area (Å²) in [6, 6.07) is 13.8. The first-order chi connectivity index (χ1) is 12.0. The molecule has 1 aliphatic heterocycles. The molecule has 0 aromatic heterocycles. The Bertz CT molecular complexity index is 776. The van der Waals surface area contributed by atoms with Gasteiger partial charge >= 0.3 is 0 Å². The maximum absolute atomic E-state index is 12.2. The van der Waals surface area contributed by atoms with Crippen LogP contribution >= 0.6 is 12.4 Å². The van der Waals surface area contributed by atoms with Crippen LogP contribution in [-0.2, 0) is 4.79 Å². The molecule has 1 atom stereocenters. The van der Waals surface area contributed by atoms with Gasteiger partial charge in [0.15, 0.2) is 0 Å². The summed E-state index contributed by atoms with van der Waals surface area (Å²) in [5, 5.41) is 6.10. The molecule has 0 bridgehead atoms. The molecular formula is C19H22ClN3O3. The number of nitrogens with two attached hydrogens (primary N) is 1. The van der Waals surface area contributed by atoms with E-state index in [4.69, 9.17) is 10.5 Å². The van der Waals surface area contributed by atoms with Crippen molar-refractivity contribution in [1.82, 2.24) is 5.32 Å². The average molecular weight is 376 g/mol. The second-order valence-electron chi connectivity index (χ2n) is 6.21. The molecule has 1 saturated heterocycles. The van der Waals surface area contributed by atoms with Gasteiger partial charge in [0, 0.05) is 17.2 Å². The van der Waals surface area contributed by atoms with Gasteiger partial charge in [-0.3, -0.25) is 9.59 Å². The van der Waals surface area contributed by atoms with Crippen LogP contribution in [-0.4, -0.2) is 24.9 Å². The highest BCUT2D eigenvalue weighted by atomic mass is 35.5. The van der Waals surface area contributed by atoms with Gasteiger partial charge in [-0.05, 0) is 61.5 Å². The van der Waals surface area contributed by atoms with Crippen LogP contribution in [0, 0.1) is 11.8 Å². The van der Waals surface area contributed by atoms with Gasteiger partial charge in [-0.2, -0.15) is 0 Å². The van der Waals surface area contributed by atoms with Crippen LogP contribution in [0.3, 0.4) is 0 Å². The molecule has 138 valence electrons. The Morgan fingerprint density at radius 3 is 2.42 bits per heavy atom. The zero-order valence-corrected chi connectivity index (χ0v) is 15.2. The molecule has 26 heavy (non-hydrogen) atoms. The van der Waals surface area contributed by atoms with Gasteiger partial charge in [0.2, 0.25) is 11.8 Å². The molecule has 2 aromatic carbocycles. The Labute approximate surface area is 158 Å². The molecule has 1 heterocycles. The van der Waals surface area contributed by atoms with Crippen molar-refractivity contribution in [3.8, 4) is 11.5 Å². The van der Waals surface area contributed by atoms with Gasteiger partial charge in [0.1, 0.15) is 11.5 Å². The standard InChI is InChI=1S/C19H21N3O3.ClH/c1-12(14-10-21-11-14)19(24)22-15-5-7-16(8-6-15)25-17-4-2-3-13(9-17)18(20)23;/h2-9,12,14,21H,10-11H2,1H3,(H2,20,23)(H,22,24);1H. The summed E-state index contributed by atoms with van der Waals surface area (Å²) < 4.78 is 5.71. The second kappa shape index (κ2) is 8.69. The van der Waals surface area contributed by atoms with Crippen LogP contribution in [0.5, 0.6) is 11.5 Å². The number of ether oxygens (including phenoxy) is 1. The first kappa shape index (κ1) is 19.8. The molecule has 1 fully saturated rings. The minimum atomic E-state index is -0.501. The zero-order valence-electron chi connectivity index (χ0n) is 14.4. The molecule has 0 spiro atoms. The van der Waals surface area contributed by atoms with E-state index in [1.165, 1.54) is 0 Å². The highest BCUT2D eigenvalue weighted by Gasteiger charge is 2.28. The van der Waals surface area contributed by atoms with Crippen molar-refractivity contribution < 1.29 is 14.3 Å². The van der Waals surface area contributed by atoms with E-state index in [2.05, 4.69) is 10.6 Å². The summed E-state index contributed by atoms with van der Waals surface area (Å²) in [6.07, 6.45) is 0. The molecule has 2 aromatic rings. The van der Waals surface area contributed by atoms with Crippen molar-refractivity contribution in [2.45, 2.75) is 6.92 Å². The maximum atomic E-state index is 12.2. The Morgan fingerprint density at radius 1 is 1.15 bits per heavy atom. The van der Waals surface area contributed by atoms with E-state index in [1.54, 1.807) is 48.5 Å². The fraction of sp³-hybridized carbons (Fsp3) is 0.263. The number of nitrogens with one attached hydrogen (secondary N) is 2. The molecule has 4 N–H and O–H groups in total. The molecule has 0 saturated carbocycles. The van der Waals surface area contributed by atoms with Crippen LogP contribution in [0.1, 0.15) is 17.3 Å². The number of rotatable bonds is 6. The van der Waals surface area contributed by atoms with Crippen molar-refractivity contribution in [1.29, 1.82) is 0 Å². The Kier molecular flexibility index (Phi) is 6.60. The summed E-state index contributed by atoms with van der Waals surface area (Å²) in [5.41, 5.74) is 6.38. The minimum absolute atomic E-state index is 0. The molecule has 0 radical (unpaired) electrons. The largest absolute Gasteiger partial charge is 0.457 e. The lowest BCUT2D eigenvalue weighted by Gasteiger charge is -2.31. The lowest BCUT2D eigenvalue weighted by atomic mass is 9.88. The highest BCUT2D eigenvalue weighted by Crippen LogP contribution is 2.24. The number of carbonyl (C=O) groups excluding carboxylic acids is 2. The molecular weight excluding hydrogens is 354 g/mol. The first-order valence-electron chi connectivity index (χ1n) is 8.22. The highest BCUT2D eigenvalue weighted by molar-refractivity contribution is 5.93. The van der Waals surface area contributed by atoms with E-state index in [-0.39, 0.29) is 24.2 Å². The Balaban J connectivity index is 0.00000243.